The molecular formula is C17H25FN2O2. The molecule has 0 radical (unpaired) electrons. The highest BCUT2D eigenvalue weighted by Gasteiger charge is 2.24. The predicted octanol–water partition coefficient (Wildman–Crippen LogP) is 2.50. The van der Waals surface area contributed by atoms with Crippen LogP contribution in [-0.2, 0) is 9.53 Å². The molecule has 1 fully saturated rings. The average Bonchev–Trinajstić information content (AvgIpc) is 2.51. The number of hydrogen-bond donors (Lipinski definition) is 1. The minimum Gasteiger partial charge on any atom is -0.384 e. The summed E-state index contributed by atoms with van der Waals surface area (Å²) in [5, 5.41) is 3.06. The number of hydrogen-bond acceptors (Lipinski definition) is 3. The first-order valence-corrected chi connectivity index (χ1v) is 7.81. The summed E-state index contributed by atoms with van der Waals surface area (Å²) in [6.07, 6.45) is 1.66. The lowest BCUT2D eigenvalue weighted by atomic mass is 10.0. The number of piperidine rings is 1. The van der Waals surface area contributed by atoms with E-state index < -0.39 is 0 Å². The number of carbonyl (C=O) groups is 1. The van der Waals surface area contributed by atoms with Crippen LogP contribution in [-0.4, -0.2) is 38.8 Å². The second-order valence-corrected chi connectivity index (χ2v) is 6.08. The number of amides is 1. The first-order chi connectivity index (χ1) is 10.5. The summed E-state index contributed by atoms with van der Waals surface area (Å²) < 4.78 is 18.9. The van der Waals surface area contributed by atoms with Crippen LogP contribution in [0.1, 0.15) is 25.3 Å². The monoisotopic (exact) mass is 308 g/mol. The summed E-state index contributed by atoms with van der Waals surface area (Å²) in [7, 11) is 1.60. The fraction of sp³-hybridized carbons (Fsp3) is 0.588. The highest BCUT2D eigenvalue weighted by molar-refractivity contribution is 5.78. The van der Waals surface area contributed by atoms with Crippen LogP contribution in [0.25, 0.3) is 0 Å². The molecular weight excluding hydrogens is 283 g/mol. The molecule has 1 atom stereocenters. The molecule has 22 heavy (non-hydrogen) atoms. The first kappa shape index (κ1) is 16.7. The Morgan fingerprint density at radius 2 is 2.14 bits per heavy atom. The Hall–Kier alpha value is -1.62. The molecule has 0 spiro atoms. The normalized spacial score (nSPS) is 17.4. The number of ether oxygens (including phenoxy) is 1. The van der Waals surface area contributed by atoms with Gasteiger partial charge in [0.25, 0.3) is 0 Å². The summed E-state index contributed by atoms with van der Waals surface area (Å²) >= 11 is 0. The molecule has 0 aliphatic carbocycles. The molecule has 122 valence electrons. The van der Waals surface area contributed by atoms with E-state index in [1.54, 1.807) is 13.2 Å². The van der Waals surface area contributed by atoms with Gasteiger partial charge in [-0.2, -0.15) is 0 Å². The summed E-state index contributed by atoms with van der Waals surface area (Å²) in [4.78, 5) is 14.0. The van der Waals surface area contributed by atoms with Crippen LogP contribution in [0.3, 0.4) is 0 Å². The molecule has 1 aromatic rings. The second kappa shape index (κ2) is 7.58. The van der Waals surface area contributed by atoms with E-state index in [4.69, 9.17) is 4.74 Å². The number of aryl methyl sites for hydroxylation is 1. The molecule has 0 aromatic heterocycles. The molecule has 1 aliphatic heterocycles. The van der Waals surface area contributed by atoms with E-state index >= 15 is 0 Å². The fourth-order valence-electron chi connectivity index (χ4n) is 2.80. The highest BCUT2D eigenvalue weighted by atomic mass is 19.1. The van der Waals surface area contributed by atoms with Gasteiger partial charge in [0.1, 0.15) is 5.82 Å². The Kier molecular flexibility index (Phi) is 5.77. The topological polar surface area (TPSA) is 41.6 Å². The first-order valence-electron chi connectivity index (χ1n) is 7.81. The third-order valence-corrected chi connectivity index (χ3v) is 4.15. The molecule has 1 saturated heterocycles. The minimum absolute atomic E-state index is 0.0297. The molecule has 0 saturated carbocycles. The van der Waals surface area contributed by atoms with Gasteiger partial charge in [-0.05, 0) is 37.5 Å². The van der Waals surface area contributed by atoms with Crippen LogP contribution in [0.15, 0.2) is 18.2 Å². The summed E-state index contributed by atoms with van der Waals surface area (Å²) in [6, 6.07) is 5.35. The summed E-state index contributed by atoms with van der Waals surface area (Å²) in [5.41, 5.74) is 1.72. The van der Waals surface area contributed by atoms with Crippen LogP contribution in [0, 0.1) is 18.7 Å². The third kappa shape index (κ3) is 4.19. The largest absolute Gasteiger partial charge is 0.384 e. The maximum atomic E-state index is 13.9. The van der Waals surface area contributed by atoms with Crippen LogP contribution in [0.2, 0.25) is 0 Å². The molecule has 1 aliphatic rings. The number of halogens is 1. The average molecular weight is 308 g/mol. The van der Waals surface area contributed by atoms with E-state index in [0.29, 0.717) is 12.3 Å². The van der Waals surface area contributed by atoms with Crippen LogP contribution in [0.5, 0.6) is 0 Å². The number of benzene rings is 1. The van der Waals surface area contributed by atoms with Crippen molar-refractivity contribution in [1.29, 1.82) is 0 Å². The van der Waals surface area contributed by atoms with Gasteiger partial charge >= 0.3 is 0 Å². The van der Waals surface area contributed by atoms with Crippen LogP contribution >= 0.6 is 0 Å². The Morgan fingerprint density at radius 3 is 2.77 bits per heavy atom. The van der Waals surface area contributed by atoms with Gasteiger partial charge in [-0.15, -0.1) is 0 Å². The van der Waals surface area contributed by atoms with Crippen LogP contribution < -0.4 is 10.2 Å². The molecule has 5 heteroatoms. The zero-order valence-electron chi connectivity index (χ0n) is 13.6. The van der Waals surface area contributed by atoms with E-state index in [-0.39, 0.29) is 23.7 Å². The SMILES string of the molecule is COC[C@@H](C)C(=O)NC1CCN(c2cc(C)ccc2F)CC1. The van der Waals surface area contributed by atoms with Crippen molar-refractivity contribution in [1.82, 2.24) is 5.32 Å². The van der Waals surface area contributed by atoms with Gasteiger partial charge in [-0.1, -0.05) is 13.0 Å². The summed E-state index contributed by atoms with van der Waals surface area (Å²) in [6.45, 7) is 5.76. The maximum Gasteiger partial charge on any atom is 0.225 e. The van der Waals surface area contributed by atoms with Gasteiger partial charge in [0.05, 0.1) is 18.2 Å². The number of nitrogens with one attached hydrogen (secondary N) is 1. The van der Waals surface area contributed by atoms with Crippen molar-refractivity contribution in [2.75, 3.05) is 31.7 Å². The highest BCUT2D eigenvalue weighted by Crippen LogP contribution is 2.24. The van der Waals surface area contributed by atoms with Crippen molar-refractivity contribution in [3.63, 3.8) is 0 Å². The van der Waals surface area contributed by atoms with Crippen molar-refractivity contribution in [2.45, 2.75) is 32.7 Å². The van der Waals surface area contributed by atoms with E-state index in [9.17, 15) is 9.18 Å². The van der Waals surface area contributed by atoms with Crippen molar-refractivity contribution >= 4 is 11.6 Å². The number of rotatable bonds is 5. The van der Waals surface area contributed by atoms with Crippen molar-refractivity contribution in [3.05, 3.63) is 29.6 Å². The van der Waals surface area contributed by atoms with Gasteiger partial charge < -0.3 is 15.0 Å². The summed E-state index contributed by atoms with van der Waals surface area (Å²) in [5.74, 6) is -0.291. The van der Waals surface area contributed by atoms with E-state index in [1.807, 2.05) is 19.9 Å². The molecule has 2 rings (SSSR count). The van der Waals surface area contributed by atoms with Gasteiger partial charge in [0, 0.05) is 26.2 Å². The lowest BCUT2D eigenvalue weighted by Crippen LogP contribution is -2.46. The van der Waals surface area contributed by atoms with E-state index in [2.05, 4.69) is 10.2 Å². The Bertz CT molecular complexity index is 513. The Labute approximate surface area is 131 Å². The number of carbonyl (C=O) groups excluding carboxylic acids is 1. The Balaban J connectivity index is 1.88. The smallest absolute Gasteiger partial charge is 0.225 e. The van der Waals surface area contributed by atoms with Gasteiger partial charge in [0.2, 0.25) is 5.91 Å². The maximum absolute atomic E-state index is 13.9. The van der Waals surface area contributed by atoms with Crippen molar-refractivity contribution < 1.29 is 13.9 Å². The number of methoxy groups -OCH3 is 1. The lowest BCUT2D eigenvalue weighted by molar-refractivity contribution is -0.126. The quantitative estimate of drug-likeness (QED) is 0.909. The molecule has 0 unspecified atom stereocenters. The van der Waals surface area contributed by atoms with E-state index in [0.717, 1.165) is 31.5 Å². The van der Waals surface area contributed by atoms with Crippen LogP contribution in [0.4, 0.5) is 10.1 Å². The molecule has 0 bridgehead atoms. The van der Waals surface area contributed by atoms with Gasteiger partial charge in [-0.3, -0.25) is 4.79 Å². The van der Waals surface area contributed by atoms with Crippen molar-refractivity contribution in [2.24, 2.45) is 5.92 Å². The zero-order valence-corrected chi connectivity index (χ0v) is 13.6. The number of nitrogens with zero attached hydrogens (tertiary/aromatic N) is 1. The lowest BCUT2D eigenvalue weighted by Gasteiger charge is -2.34. The third-order valence-electron chi connectivity index (χ3n) is 4.15. The fourth-order valence-corrected chi connectivity index (χ4v) is 2.80. The molecule has 1 N–H and O–H groups in total. The molecule has 1 aromatic carbocycles. The predicted molar refractivity (Wildman–Crippen MR) is 85.6 cm³/mol. The second-order valence-electron chi connectivity index (χ2n) is 6.08. The van der Waals surface area contributed by atoms with Gasteiger partial charge in [0.15, 0.2) is 0 Å². The van der Waals surface area contributed by atoms with Crippen molar-refractivity contribution in [3.8, 4) is 0 Å². The minimum atomic E-state index is -0.179. The van der Waals surface area contributed by atoms with Gasteiger partial charge in [-0.25, -0.2) is 4.39 Å². The standard InChI is InChI=1S/C17H25FN2O2/c1-12-4-5-15(18)16(10-12)20-8-6-14(7-9-20)19-17(21)13(2)11-22-3/h4-5,10,13-14H,6-9,11H2,1-3H3,(H,19,21)/t13-/m1/s1. The molecule has 1 amide bonds. The number of anilines is 1. The van der Waals surface area contributed by atoms with E-state index in [1.165, 1.54) is 6.07 Å². The molecule has 4 nitrogen and oxygen atoms in total. The molecule has 1 heterocycles. The Morgan fingerprint density at radius 1 is 1.45 bits per heavy atom. The zero-order chi connectivity index (χ0) is 16.1.